The van der Waals surface area contributed by atoms with Crippen molar-refractivity contribution >= 4 is 33.5 Å². The number of carbonyl (C=O) groups excluding carboxylic acids is 1. The summed E-state index contributed by atoms with van der Waals surface area (Å²) in [6, 6.07) is 14.6. The van der Waals surface area contributed by atoms with Gasteiger partial charge in [-0.05, 0) is 23.8 Å². The average molecular weight is 441 g/mol. The second-order valence-electron chi connectivity index (χ2n) is 6.09. The fourth-order valence-corrected chi connectivity index (χ4v) is 3.71. The van der Waals surface area contributed by atoms with E-state index in [4.69, 9.17) is 9.47 Å². The second kappa shape index (κ2) is 7.47. The van der Waals surface area contributed by atoms with Crippen LogP contribution in [0.3, 0.4) is 0 Å². The van der Waals surface area contributed by atoms with Crippen LogP contribution in [0, 0.1) is 0 Å². The average Bonchev–Trinajstić information content (AvgIpc) is 3.20. The number of halogens is 1. The zero-order valence-corrected chi connectivity index (χ0v) is 16.8. The highest BCUT2D eigenvalue weighted by Crippen LogP contribution is 2.42. The van der Waals surface area contributed by atoms with E-state index >= 15 is 0 Å². The molecule has 0 spiro atoms. The number of rotatable bonds is 4. The van der Waals surface area contributed by atoms with E-state index < -0.39 is 12.0 Å². The molecule has 3 aromatic rings. The van der Waals surface area contributed by atoms with Crippen LogP contribution < -0.4 is 10.1 Å². The third-order valence-corrected chi connectivity index (χ3v) is 5.04. The maximum atomic E-state index is 12.9. The second-order valence-corrected chi connectivity index (χ2v) is 7.00. The first-order valence-electron chi connectivity index (χ1n) is 8.52. The largest absolute Gasteiger partial charge is 0.496 e. The third kappa shape index (κ3) is 3.05. The minimum Gasteiger partial charge on any atom is -0.496 e. The highest BCUT2D eigenvalue weighted by molar-refractivity contribution is 9.10. The molecular formula is C20H17BrN4O3. The molecule has 1 aromatic heterocycles. The molecule has 1 aliphatic heterocycles. The zero-order valence-electron chi connectivity index (χ0n) is 15.2. The summed E-state index contributed by atoms with van der Waals surface area (Å²) in [5.41, 5.74) is 2.65. The Morgan fingerprint density at radius 1 is 1.18 bits per heavy atom. The van der Waals surface area contributed by atoms with Gasteiger partial charge in [0.05, 0.1) is 25.5 Å². The van der Waals surface area contributed by atoms with Gasteiger partial charge in [0.2, 0.25) is 5.95 Å². The molecule has 1 atom stereocenters. The minimum absolute atomic E-state index is 0.420. The van der Waals surface area contributed by atoms with Gasteiger partial charge in [-0.25, -0.2) is 9.48 Å². The number of nitrogens with one attached hydrogen (secondary N) is 1. The Morgan fingerprint density at radius 2 is 1.96 bits per heavy atom. The van der Waals surface area contributed by atoms with E-state index in [0.29, 0.717) is 23.0 Å². The predicted molar refractivity (Wildman–Crippen MR) is 108 cm³/mol. The fourth-order valence-electron chi connectivity index (χ4n) is 3.33. The molecule has 0 fully saturated rings. The third-order valence-electron chi connectivity index (χ3n) is 4.55. The first-order chi connectivity index (χ1) is 13.6. The molecule has 1 N–H and O–H groups in total. The first-order valence-corrected chi connectivity index (χ1v) is 9.31. The molecule has 2 heterocycles. The number of carbonyl (C=O) groups is 1. The van der Waals surface area contributed by atoms with Crippen LogP contribution >= 0.6 is 15.9 Å². The lowest BCUT2D eigenvalue weighted by atomic mass is 9.92. The summed E-state index contributed by atoms with van der Waals surface area (Å²) in [6.07, 6.45) is 1.45. The van der Waals surface area contributed by atoms with Gasteiger partial charge in [-0.3, -0.25) is 0 Å². The van der Waals surface area contributed by atoms with E-state index in [1.54, 1.807) is 11.8 Å². The standard InChI is InChI=1S/C20H17BrN4O3/c1-27-15-9-8-13(21)10-14(15)18-16(19(26)28-2)17(12-6-4-3-5-7-12)24-20-22-11-23-25(18)20/h3-11,18H,1-2H3,(H,22,23,24)/t18-/m0/s1. The van der Waals surface area contributed by atoms with Gasteiger partial charge in [-0.15, -0.1) is 0 Å². The number of hydrogen-bond acceptors (Lipinski definition) is 6. The van der Waals surface area contributed by atoms with Crippen LogP contribution in [-0.2, 0) is 9.53 Å². The van der Waals surface area contributed by atoms with Crippen molar-refractivity contribution in [3.63, 3.8) is 0 Å². The van der Waals surface area contributed by atoms with Crippen LogP contribution in [0.25, 0.3) is 5.70 Å². The maximum absolute atomic E-state index is 12.9. The van der Waals surface area contributed by atoms with Crippen LogP contribution in [0.1, 0.15) is 17.2 Å². The Labute approximate surface area is 170 Å². The smallest absolute Gasteiger partial charge is 0.338 e. The molecule has 8 heteroatoms. The zero-order chi connectivity index (χ0) is 19.7. The topological polar surface area (TPSA) is 78.3 Å². The van der Waals surface area contributed by atoms with Crippen molar-refractivity contribution in [1.29, 1.82) is 0 Å². The molecule has 1 aliphatic rings. The molecule has 4 rings (SSSR count). The highest BCUT2D eigenvalue weighted by atomic mass is 79.9. The number of fused-ring (bicyclic) bond motifs is 1. The summed E-state index contributed by atoms with van der Waals surface area (Å²) < 4.78 is 13.2. The van der Waals surface area contributed by atoms with E-state index in [1.165, 1.54) is 13.4 Å². The summed E-state index contributed by atoms with van der Waals surface area (Å²) in [6.45, 7) is 0. The molecule has 0 saturated carbocycles. The fraction of sp³-hybridized carbons (Fsp3) is 0.150. The van der Waals surface area contributed by atoms with Gasteiger partial charge in [-0.1, -0.05) is 46.3 Å². The van der Waals surface area contributed by atoms with Gasteiger partial charge in [-0.2, -0.15) is 10.1 Å². The molecule has 0 bridgehead atoms. The van der Waals surface area contributed by atoms with Crippen molar-refractivity contribution < 1.29 is 14.3 Å². The Bertz CT molecular complexity index is 1060. The minimum atomic E-state index is -0.575. The first kappa shape index (κ1) is 18.2. The van der Waals surface area contributed by atoms with Crippen molar-refractivity contribution in [3.05, 3.63) is 76.0 Å². The highest BCUT2D eigenvalue weighted by Gasteiger charge is 2.37. The van der Waals surface area contributed by atoms with Crippen LogP contribution in [0.5, 0.6) is 5.75 Å². The Kier molecular flexibility index (Phi) is 4.87. The summed E-state index contributed by atoms with van der Waals surface area (Å²) in [7, 11) is 2.96. The van der Waals surface area contributed by atoms with Crippen LogP contribution in [-0.4, -0.2) is 35.0 Å². The molecule has 7 nitrogen and oxygen atoms in total. The molecule has 0 unspecified atom stereocenters. The summed E-state index contributed by atoms with van der Waals surface area (Å²) in [5, 5.41) is 7.57. The SMILES string of the molecule is COC(=O)C1=C(c2ccccc2)Nc2ncnn2[C@H]1c1cc(Br)ccc1OC. The number of anilines is 1. The van der Waals surface area contributed by atoms with Crippen molar-refractivity contribution in [1.82, 2.24) is 14.8 Å². The number of esters is 1. The van der Waals surface area contributed by atoms with Crippen LogP contribution in [0.4, 0.5) is 5.95 Å². The monoisotopic (exact) mass is 440 g/mol. The van der Waals surface area contributed by atoms with Crippen molar-refractivity contribution in [2.75, 3.05) is 19.5 Å². The number of hydrogen-bond donors (Lipinski definition) is 1. The summed E-state index contributed by atoms with van der Waals surface area (Å²) in [4.78, 5) is 17.2. The van der Waals surface area contributed by atoms with Crippen molar-refractivity contribution in [3.8, 4) is 5.75 Å². The van der Waals surface area contributed by atoms with Gasteiger partial charge in [0.25, 0.3) is 0 Å². The Morgan fingerprint density at radius 3 is 2.68 bits per heavy atom. The van der Waals surface area contributed by atoms with E-state index in [2.05, 4.69) is 31.3 Å². The van der Waals surface area contributed by atoms with Gasteiger partial charge >= 0.3 is 5.97 Å². The molecule has 0 saturated heterocycles. The molecule has 2 aromatic carbocycles. The lowest BCUT2D eigenvalue weighted by Gasteiger charge is -2.30. The van der Waals surface area contributed by atoms with Crippen LogP contribution in [0.15, 0.2) is 64.9 Å². The molecular weight excluding hydrogens is 424 g/mol. The van der Waals surface area contributed by atoms with E-state index in [9.17, 15) is 4.79 Å². The number of nitrogens with zero attached hydrogens (tertiary/aromatic N) is 3. The number of benzene rings is 2. The normalized spacial score (nSPS) is 15.6. The van der Waals surface area contributed by atoms with Crippen LogP contribution in [0.2, 0.25) is 0 Å². The van der Waals surface area contributed by atoms with E-state index in [0.717, 1.165) is 15.6 Å². The number of aromatic nitrogens is 3. The van der Waals surface area contributed by atoms with Crippen molar-refractivity contribution in [2.45, 2.75) is 6.04 Å². The molecule has 0 amide bonds. The lowest BCUT2D eigenvalue weighted by molar-refractivity contribution is -0.136. The quantitative estimate of drug-likeness (QED) is 0.623. The van der Waals surface area contributed by atoms with Crippen molar-refractivity contribution in [2.24, 2.45) is 0 Å². The van der Waals surface area contributed by atoms with Gasteiger partial charge in [0, 0.05) is 10.0 Å². The Hall–Kier alpha value is -3.13. The molecule has 142 valence electrons. The lowest BCUT2D eigenvalue weighted by Crippen LogP contribution is -2.29. The Balaban J connectivity index is 2.03. The molecule has 0 radical (unpaired) electrons. The van der Waals surface area contributed by atoms with E-state index in [-0.39, 0.29) is 0 Å². The molecule has 28 heavy (non-hydrogen) atoms. The summed E-state index contributed by atoms with van der Waals surface area (Å²) >= 11 is 3.51. The van der Waals surface area contributed by atoms with Gasteiger partial charge < -0.3 is 14.8 Å². The number of methoxy groups -OCH3 is 2. The molecule has 0 aliphatic carbocycles. The predicted octanol–water partition coefficient (Wildman–Crippen LogP) is 3.65. The van der Waals surface area contributed by atoms with E-state index in [1.807, 2.05) is 48.5 Å². The van der Waals surface area contributed by atoms with Gasteiger partial charge in [0.1, 0.15) is 18.1 Å². The van der Waals surface area contributed by atoms with Gasteiger partial charge in [0.15, 0.2) is 0 Å². The number of ether oxygens (including phenoxy) is 2. The maximum Gasteiger partial charge on any atom is 0.338 e. The summed E-state index contributed by atoms with van der Waals surface area (Å²) in [5.74, 6) is 0.698.